The van der Waals surface area contributed by atoms with Gasteiger partial charge in [0, 0.05) is 11.1 Å². The Morgan fingerprint density at radius 2 is 1.63 bits per heavy atom. The number of nitro benzene ring substituents is 1. The van der Waals surface area contributed by atoms with Gasteiger partial charge in [-0.1, -0.05) is 35.3 Å². The number of likely N-dealkylation sites (N-methyl/N-ethyl adjacent to an activating group) is 1. The molecule has 3 N–H and O–H groups in total. The topological polar surface area (TPSA) is 106 Å². The molecule has 0 heterocycles. The van der Waals surface area contributed by atoms with Crippen molar-refractivity contribution in [1.29, 1.82) is 0 Å². The molecule has 2 aromatic rings. The van der Waals surface area contributed by atoms with Gasteiger partial charge in [-0.2, -0.15) is 0 Å². The molecule has 0 saturated carbocycles. The third kappa shape index (κ3) is 6.21. The zero-order chi connectivity index (χ0) is 20.0. The van der Waals surface area contributed by atoms with Crippen LogP contribution in [0.5, 0.6) is 0 Å². The molecule has 8 nitrogen and oxygen atoms in total. The summed E-state index contributed by atoms with van der Waals surface area (Å²) < 4.78 is 0. The molecule has 2 rings (SSSR count). The highest BCUT2D eigenvalue weighted by atomic mass is 35.5. The van der Waals surface area contributed by atoms with Crippen LogP contribution in [-0.4, -0.2) is 36.9 Å². The van der Waals surface area contributed by atoms with E-state index in [-0.39, 0.29) is 35.4 Å². The number of nitrogens with zero attached hydrogens (tertiary/aromatic N) is 1. The number of nitrogens with one attached hydrogen (secondary N) is 3. The highest BCUT2D eigenvalue weighted by Crippen LogP contribution is 2.27. The number of benzene rings is 2. The number of anilines is 2. The maximum atomic E-state index is 12.2. The SMILES string of the molecule is C[NH+](CC(=O)Nc1ccccc1Cl)CC(=O)Nc1cc(Cl)ccc1[N+](=O)[O-]. The second-order valence-corrected chi connectivity index (χ2v) is 6.65. The van der Waals surface area contributed by atoms with Crippen molar-refractivity contribution >= 4 is 52.1 Å². The fourth-order valence-electron chi connectivity index (χ4n) is 2.33. The molecule has 0 bridgehead atoms. The first kappa shape index (κ1) is 20.6. The molecule has 0 fully saturated rings. The van der Waals surface area contributed by atoms with E-state index in [0.717, 1.165) is 0 Å². The fourth-order valence-corrected chi connectivity index (χ4v) is 2.68. The standard InChI is InChI=1S/C17H16Cl2N4O4/c1-22(9-16(24)20-13-5-3-2-4-12(13)19)10-17(25)21-14-8-11(18)6-7-15(14)23(26)27/h2-8H,9-10H2,1H3,(H,20,24)(H,21,25)/p+1. The Morgan fingerprint density at radius 3 is 2.22 bits per heavy atom. The van der Waals surface area contributed by atoms with E-state index >= 15 is 0 Å². The lowest BCUT2D eigenvalue weighted by Crippen LogP contribution is -3.11. The Labute approximate surface area is 165 Å². The number of hydrogen-bond donors (Lipinski definition) is 3. The third-order valence-corrected chi connectivity index (χ3v) is 4.07. The van der Waals surface area contributed by atoms with E-state index in [4.69, 9.17) is 23.2 Å². The fraction of sp³-hybridized carbons (Fsp3) is 0.176. The first-order valence-electron chi connectivity index (χ1n) is 7.85. The van der Waals surface area contributed by atoms with Gasteiger partial charge in [-0.05, 0) is 24.3 Å². The normalized spacial score (nSPS) is 11.5. The van der Waals surface area contributed by atoms with Crippen LogP contribution < -0.4 is 15.5 Å². The van der Waals surface area contributed by atoms with E-state index in [1.807, 2.05) is 0 Å². The summed E-state index contributed by atoms with van der Waals surface area (Å²) in [6.07, 6.45) is 0. The van der Waals surface area contributed by atoms with Gasteiger partial charge in [0.05, 0.1) is 22.7 Å². The van der Waals surface area contributed by atoms with Crippen molar-refractivity contribution in [3.63, 3.8) is 0 Å². The van der Waals surface area contributed by atoms with E-state index in [0.29, 0.717) is 15.6 Å². The largest absolute Gasteiger partial charge is 0.322 e. The Hall–Kier alpha value is -2.68. The summed E-state index contributed by atoms with van der Waals surface area (Å²) in [4.78, 5) is 35.2. The highest BCUT2D eigenvalue weighted by Gasteiger charge is 2.19. The summed E-state index contributed by atoms with van der Waals surface area (Å²) in [5.41, 5.74) is 0.226. The quantitative estimate of drug-likeness (QED) is 0.478. The number of quaternary nitrogens is 1. The zero-order valence-corrected chi connectivity index (χ0v) is 15.8. The second-order valence-electron chi connectivity index (χ2n) is 5.81. The van der Waals surface area contributed by atoms with Crippen molar-refractivity contribution in [2.75, 3.05) is 30.8 Å². The first-order chi connectivity index (χ1) is 12.8. The summed E-state index contributed by atoms with van der Waals surface area (Å²) in [5, 5.41) is 16.8. The van der Waals surface area contributed by atoms with Crippen LogP contribution in [0.1, 0.15) is 0 Å². The van der Waals surface area contributed by atoms with Gasteiger partial charge < -0.3 is 15.5 Å². The van der Waals surface area contributed by atoms with Crippen molar-refractivity contribution < 1.29 is 19.4 Å². The molecule has 0 aliphatic carbocycles. The Morgan fingerprint density at radius 1 is 1.04 bits per heavy atom. The van der Waals surface area contributed by atoms with Crippen molar-refractivity contribution in [2.24, 2.45) is 0 Å². The maximum absolute atomic E-state index is 12.2. The lowest BCUT2D eigenvalue weighted by molar-refractivity contribution is -0.862. The van der Waals surface area contributed by atoms with E-state index < -0.39 is 10.8 Å². The van der Waals surface area contributed by atoms with Gasteiger partial charge in [0.25, 0.3) is 17.5 Å². The first-order valence-corrected chi connectivity index (χ1v) is 8.61. The second kappa shape index (κ2) is 9.31. The van der Waals surface area contributed by atoms with Gasteiger partial charge in [-0.3, -0.25) is 19.7 Å². The molecular weight excluding hydrogens is 395 g/mol. The molecule has 0 spiro atoms. The van der Waals surface area contributed by atoms with Crippen LogP contribution in [-0.2, 0) is 9.59 Å². The molecule has 0 radical (unpaired) electrons. The number of carbonyl (C=O) groups is 2. The minimum absolute atomic E-state index is 0.00539. The molecule has 2 amide bonds. The number of hydrogen-bond acceptors (Lipinski definition) is 4. The van der Waals surface area contributed by atoms with Crippen LogP contribution in [0, 0.1) is 10.1 Å². The summed E-state index contributed by atoms with van der Waals surface area (Å²) in [7, 11) is 1.65. The van der Waals surface area contributed by atoms with Gasteiger partial charge in [-0.15, -0.1) is 0 Å². The van der Waals surface area contributed by atoms with Gasteiger partial charge >= 0.3 is 0 Å². The van der Waals surface area contributed by atoms with E-state index in [1.54, 1.807) is 31.3 Å². The maximum Gasteiger partial charge on any atom is 0.292 e. The Bertz CT molecular complexity index is 876. The summed E-state index contributed by atoms with van der Waals surface area (Å²) in [6.45, 7) is -0.0596. The molecule has 0 aliphatic heterocycles. The number of carbonyl (C=O) groups excluding carboxylic acids is 2. The average molecular weight is 412 g/mol. The Balaban J connectivity index is 1.92. The monoisotopic (exact) mass is 411 g/mol. The minimum Gasteiger partial charge on any atom is -0.322 e. The van der Waals surface area contributed by atoms with Gasteiger partial charge in [-0.25, -0.2) is 0 Å². The molecule has 142 valence electrons. The van der Waals surface area contributed by atoms with Crippen molar-refractivity contribution in [2.45, 2.75) is 0 Å². The highest BCUT2D eigenvalue weighted by molar-refractivity contribution is 6.33. The molecule has 10 heteroatoms. The predicted octanol–water partition coefficient (Wildman–Crippen LogP) is 1.99. The average Bonchev–Trinajstić information content (AvgIpc) is 2.56. The summed E-state index contributed by atoms with van der Waals surface area (Å²) in [5.74, 6) is -0.800. The van der Waals surface area contributed by atoms with Crippen LogP contribution in [0.3, 0.4) is 0 Å². The lowest BCUT2D eigenvalue weighted by Gasteiger charge is -2.14. The zero-order valence-electron chi connectivity index (χ0n) is 14.3. The van der Waals surface area contributed by atoms with Crippen LogP contribution >= 0.6 is 23.2 Å². The molecule has 0 aliphatic rings. The molecule has 1 atom stereocenters. The van der Waals surface area contributed by atoms with Crippen molar-refractivity contribution in [3.05, 3.63) is 62.6 Å². The van der Waals surface area contributed by atoms with E-state index in [9.17, 15) is 19.7 Å². The van der Waals surface area contributed by atoms with Crippen LogP contribution in [0.15, 0.2) is 42.5 Å². The van der Waals surface area contributed by atoms with Gasteiger partial charge in [0.2, 0.25) is 0 Å². The number of nitro groups is 1. The number of halogens is 2. The molecule has 2 aromatic carbocycles. The smallest absolute Gasteiger partial charge is 0.292 e. The van der Waals surface area contributed by atoms with Crippen LogP contribution in [0.25, 0.3) is 0 Å². The minimum atomic E-state index is -0.612. The summed E-state index contributed by atoms with van der Waals surface area (Å²) >= 11 is 11.8. The molecule has 1 unspecified atom stereocenters. The Kier molecular flexibility index (Phi) is 7.12. The summed E-state index contributed by atoms with van der Waals surface area (Å²) in [6, 6.07) is 10.7. The van der Waals surface area contributed by atoms with E-state index in [2.05, 4.69) is 10.6 Å². The molecule has 27 heavy (non-hydrogen) atoms. The molecular formula is C17H17Cl2N4O4+. The van der Waals surface area contributed by atoms with Crippen molar-refractivity contribution in [1.82, 2.24) is 0 Å². The van der Waals surface area contributed by atoms with Crippen LogP contribution in [0.2, 0.25) is 10.0 Å². The third-order valence-electron chi connectivity index (χ3n) is 3.50. The lowest BCUT2D eigenvalue weighted by atomic mass is 10.2. The van der Waals surface area contributed by atoms with Gasteiger partial charge in [0.1, 0.15) is 5.69 Å². The molecule has 0 aromatic heterocycles. The number of rotatable bonds is 7. The van der Waals surface area contributed by atoms with Gasteiger partial charge in [0.15, 0.2) is 13.1 Å². The predicted molar refractivity (Wildman–Crippen MR) is 103 cm³/mol. The van der Waals surface area contributed by atoms with Crippen molar-refractivity contribution in [3.8, 4) is 0 Å². The van der Waals surface area contributed by atoms with E-state index in [1.165, 1.54) is 18.2 Å². The molecule has 0 saturated heterocycles. The number of para-hydroxylation sites is 1. The van der Waals surface area contributed by atoms with Crippen LogP contribution in [0.4, 0.5) is 17.1 Å². The number of amides is 2.